The van der Waals surface area contributed by atoms with Crippen LogP contribution in [0.25, 0.3) is 0 Å². The van der Waals surface area contributed by atoms with Gasteiger partial charge in [0.05, 0.1) is 12.3 Å². The summed E-state index contributed by atoms with van der Waals surface area (Å²) in [6.45, 7) is 12.1. The van der Waals surface area contributed by atoms with E-state index in [1.807, 2.05) is 25.1 Å². The number of anilines is 1. The Morgan fingerprint density at radius 3 is 2.38 bits per heavy atom. The highest BCUT2D eigenvalue weighted by atomic mass is 35.5. The van der Waals surface area contributed by atoms with Gasteiger partial charge in [-0.3, -0.25) is 0 Å². The van der Waals surface area contributed by atoms with Gasteiger partial charge in [0.15, 0.2) is 0 Å². The van der Waals surface area contributed by atoms with Crippen molar-refractivity contribution < 1.29 is 4.74 Å². The van der Waals surface area contributed by atoms with Gasteiger partial charge in [-0.15, -0.1) is 0 Å². The molecule has 1 N–H and O–H groups in total. The number of hydrogen-bond donors (Lipinski definition) is 1. The molecular formula is C18H28ClNO. The van der Waals surface area contributed by atoms with Crippen LogP contribution in [0.4, 0.5) is 5.69 Å². The van der Waals surface area contributed by atoms with Crippen LogP contribution in [0, 0.1) is 10.8 Å². The van der Waals surface area contributed by atoms with E-state index in [4.69, 9.17) is 16.3 Å². The van der Waals surface area contributed by atoms with Crippen molar-refractivity contribution in [2.45, 2.75) is 59.9 Å². The number of nitrogens with one attached hydrogen (secondary N) is 1. The molecule has 0 unspecified atom stereocenters. The molecule has 0 radical (unpaired) electrons. The molecule has 1 aromatic rings. The second kappa shape index (κ2) is 6.08. The summed E-state index contributed by atoms with van der Waals surface area (Å²) in [6, 6.07) is 6.27. The van der Waals surface area contributed by atoms with Crippen LogP contribution in [0.3, 0.4) is 0 Å². The van der Waals surface area contributed by atoms with E-state index in [-0.39, 0.29) is 0 Å². The maximum Gasteiger partial charge on any atom is 0.142 e. The van der Waals surface area contributed by atoms with E-state index < -0.39 is 0 Å². The lowest BCUT2D eigenvalue weighted by atomic mass is 9.63. The number of halogens is 1. The van der Waals surface area contributed by atoms with Crippen molar-refractivity contribution in [1.29, 1.82) is 0 Å². The van der Waals surface area contributed by atoms with Crippen molar-refractivity contribution in [3.63, 3.8) is 0 Å². The fourth-order valence-electron chi connectivity index (χ4n) is 4.06. The van der Waals surface area contributed by atoms with Gasteiger partial charge < -0.3 is 10.1 Å². The monoisotopic (exact) mass is 309 g/mol. The summed E-state index contributed by atoms with van der Waals surface area (Å²) < 4.78 is 5.72. The Kier molecular flexibility index (Phi) is 4.77. The molecule has 1 aliphatic rings. The van der Waals surface area contributed by atoms with Crippen LogP contribution >= 0.6 is 11.6 Å². The van der Waals surface area contributed by atoms with E-state index in [0.717, 1.165) is 16.5 Å². The Balaban J connectivity index is 2.19. The first-order valence-electron chi connectivity index (χ1n) is 7.90. The minimum absolute atomic E-state index is 0.365. The molecule has 1 fully saturated rings. The minimum Gasteiger partial charge on any atom is -0.492 e. The van der Waals surface area contributed by atoms with E-state index in [1.54, 1.807) is 0 Å². The zero-order valence-electron chi connectivity index (χ0n) is 13.9. The van der Waals surface area contributed by atoms with Crippen molar-refractivity contribution in [3.05, 3.63) is 23.2 Å². The average molecular weight is 310 g/mol. The molecule has 0 amide bonds. The average Bonchev–Trinajstić information content (AvgIpc) is 2.28. The summed E-state index contributed by atoms with van der Waals surface area (Å²) in [7, 11) is 0. The highest BCUT2D eigenvalue weighted by Crippen LogP contribution is 2.46. The molecule has 1 aliphatic carbocycles. The van der Waals surface area contributed by atoms with E-state index in [9.17, 15) is 0 Å². The molecule has 118 valence electrons. The fourth-order valence-corrected chi connectivity index (χ4v) is 4.24. The Morgan fingerprint density at radius 2 is 1.81 bits per heavy atom. The molecule has 0 spiro atoms. The van der Waals surface area contributed by atoms with Crippen molar-refractivity contribution in [3.8, 4) is 5.75 Å². The molecule has 1 aromatic carbocycles. The van der Waals surface area contributed by atoms with Gasteiger partial charge in [0.2, 0.25) is 0 Å². The molecule has 1 saturated carbocycles. The SMILES string of the molecule is CCOc1ccc(Cl)cc1NC1CC(C)(C)CC(C)(C)C1. The largest absolute Gasteiger partial charge is 0.492 e. The van der Waals surface area contributed by atoms with Gasteiger partial charge in [0.1, 0.15) is 5.75 Å². The van der Waals surface area contributed by atoms with Crippen LogP contribution in [-0.2, 0) is 0 Å². The Morgan fingerprint density at radius 1 is 1.19 bits per heavy atom. The Hall–Kier alpha value is -0.890. The standard InChI is InChI=1S/C18H28ClNO/c1-6-21-16-8-7-13(19)9-15(16)20-14-10-17(2,3)12-18(4,5)11-14/h7-9,14,20H,6,10-12H2,1-5H3. The highest BCUT2D eigenvalue weighted by Gasteiger charge is 2.38. The summed E-state index contributed by atoms with van der Waals surface area (Å²) >= 11 is 6.15. The predicted octanol–water partition coefficient (Wildman–Crippen LogP) is 5.76. The van der Waals surface area contributed by atoms with Crippen molar-refractivity contribution in [2.24, 2.45) is 10.8 Å². The molecule has 21 heavy (non-hydrogen) atoms. The third kappa shape index (κ3) is 4.54. The molecule has 3 heteroatoms. The van der Waals surface area contributed by atoms with E-state index in [1.165, 1.54) is 19.3 Å². The van der Waals surface area contributed by atoms with Gasteiger partial charge in [-0.05, 0) is 55.2 Å². The predicted molar refractivity (Wildman–Crippen MR) is 91.4 cm³/mol. The van der Waals surface area contributed by atoms with Gasteiger partial charge in [0, 0.05) is 11.1 Å². The zero-order valence-corrected chi connectivity index (χ0v) is 14.7. The summed E-state index contributed by atoms with van der Waals surface area (Å²) in [6.07, 6.45) is 3.62. The molecule has 0 atom stereocenters. The molecule has 2 nitrogen and oxygen atoms in total. The maximum absolute atomic E-state index is 6.15. The summed E-state index contributed by atoms with van der Waals surface area (Å²) in [5.41, 5.74) is 1.75. The van der Waals surface area contributed by atoms with E-state index in [2.05, 4.69) is 33.0 Å². The molecule has 0 aromatic heterocycles. The summed E-state index contributed by atoms with van der Waals surface area (Å²) in [5, 5.41) is 4.42. The zero-order chi connectivity index (χ0) is 15.7. The van der Waals surface area contributed by atoms with E-state index in [0.29, 0.717) is 23.5 Å². The molecule has 0 aliphatic heterocycles. The third-order valence-electron chi connectivity index (χ3n) is 4.16. The number of hydrogen-bond acceptors (Lipinski definition) is 2. The fraction of sp³-hybridized carbons (Fsp3) is 0.667. The van der Waals surface area contributed by atoms with Crippen LogP contribution in [-0.4, -0.2) is 12.6 Å². The second-order valence-electron chi connectivity index (χ2n) is 7.83. The van der Waals surface area contributed by atoms with Crippen LogP contribution in [0.2, 0.25) is 5.02 Å². The minimum atomic E-state index is 0.365. The molecule has 0 saturated heterocycles. The first kappa shape index (κ1) is 16.5. The first-order valence-corrected chi connectivity index (χ1v) is 8.27. The lowest BCUT2D eigenvalue weighted by molar-refractivity contribution is 0.105. The second-order valence-corrected chi connectivity index (χ2v) is 8.26. The topological polar surface area (TPSA) is 21.3 Å². The lowest BCUT2D eigenvalue weighted by Crippen LogP contribution is -2.40. The third-order valence-corrected chi connectivity index (χ3v) is 4.39. The van der Waals surface area contributed by atoms with Crippen LogP contribution in [0.5, 0.6) is 5.75 Å². The summed E-state index contributed by atoms with van der Waals surface area (Å²) in [5.74, 6) is 0.892. The van der Waals surface area contributed by atoms with E-state index >= 15 is 0 Å². The Bertz CT molecular complexity index is 480. The molecule has 0 bridgehead atoms. The van der Waals surface area contributed by atoms with Crippen LogP contribution in [0.1, 0.15) is 53.9 Å². The van der Waals surface area contributed by atoms with Gasteiger partial charge >= 0.3 is 0 Å². The first-order chi connectivity index (χ1) is 9.71. The smallest absolute Gasteiger partial charge is 0.142 e. The van der Waals surface area contributed by atoms with Gasteiger partial charge in [-0.2, -0.15) is 0 Å². The normalized spacial score (nSPS) is 21.0. The molecule has 2 rings (SSSR count). The molecular weight excluding hydrogens is 282 g/mol. The van der Waals surface area contributed by atoms with Crippen LogP contribution < -0.4 is 10.1 Å². The lowest BCUT2D eigenvalue weighted by Gasteiger charge is -2.45. The number of benzene rings is 1. The van der Waals surface area contributed by atoms with Gasteiger partial charge in [0.25, 0.3) is 0 Å². The van der Waals surface area contributed by atoms with Crippen LogP contribution in [0.15, 0.2) is 18.2 Å². The summed E-state index contributed by atoms with van der Waals surface area (Å²) in [4.78, 5) is 0. The van der Waals surface area contributed by atoms with Crippen molar-refractivity contribution in [2.75, 3.05) is 11.9 Å². The van der Waals surface area contributed by atoms with Crippen molar-refractivity contribution in [1.82, 2.24) is 0 Å². The van der Waals surface area contributed by atoms with Gasteiger partial charge in [-0.1, -0.05) is 39.3 Å². The Labute approximate surface area is 134 Å². The maximum atomic E-state index is 6.15. The van der Waals surface area contributed by atoms with Crippen molar-refractivity contribution >= 4 is 17.3 Å². The number of ether oxygens (including phenoxy) is 1. The van der Waals surface area contributed by atoms with Gasteiger partial charge in [-0.25, -0.2) is 0 Å². The highest BCUT2D eigenvalue weighted by molar-refractivity contribution is 6.30. The number of rotatable bonds is 4. The molecule has 0 heterocycles. The quantitative estimate of drug-likeness (QED) is 0.764.